The topological polar surface area (TPSA) is 71.0 Å². The van der Waals surface area contributed by atoms with Crippen LogP contribution < -0.4 is 5.32 Å². The molecule has 1 amide bonds. The molecular weight excluding hydrogens is 378 g/mol. The first-order valence-corrected chi connectivity index (χ1v) is 10.5. The van der Waals surface area contributed by atoms with E-state index in [1.807, 2.05) is 62.5 Å². The number of rotatable bonds is 5. The monoisotopic (exact) mass is 405 g/mol. The molecule has 0 radical (unpaired) electrons. The number of benzene rings is 2. The van der Waals surface area contributed by atoms with Crippen LogP contribution in [0.1, 0.15) is 32.3 Å². The number of carbonyl (C=O) groups excluding carboxylic acids is 2. The molecule has 156 valence electrons. The maximum absolute atomic E-state index is 12.4. The Bertz CT molecular complexity index is 1010. The molecule has 6 nitrogen and oxygen atoms in total. The predicted molar refractivity (Wildman–Crippen MR) is 117 cm³/mol. The van der Waals surface area contributed by atoms with E-state index in [1.165, 1.54) is 0 Å². The fourth-order valence-corrected chi connectivity index (χ4v) is 3.83. The van der Waals surface area contributed by atoms with Crippen LogP contribution in [0.4, 0.5) is 0 Å². The Morgan fingerprint density at radius 3 is 2.70 bits per heavy atom. The molecule has 2 aromatic rings. The third-order valence-electron chi connectivity index (χ3n) is 5.68. The van der Waals surface area contributed by atoms with Gasteiger partial charge >= 0.3 is 5.97 Å². The van der Waals surface area contributed by atoms with Gasteiger partial charge in [-0.1, -0.05) is 50.2 Å². The zero-order valence-electron chi connectivity index (χ0n) is 17.4. The first-order valence-electron chi connectivity index (χ1n) is 10.5. The average Bonchev–Trinajstić information content (AvgIpc) is 3.12. The second-order valence-corrected chi connectivity index (χ2v) is 8.23. The minimum atomic E-state index is -0.413. The molecule has 1 N–H and O–H groups in total. The van der Waals surface area contributed by atoms with Crippen molar-refractivity contribution in [3.8, 4) is 0 Å². The third kappa shape index (κ3) is 4.37. The van der Waals surface area contributed by atoms with Gasteiger partial charge in [-0.2, -0.15) is 0 Å². The second-order valence-electron chi connectivity index (χ2n) is 8.23. The van der Waals surface area contributed by atoms with Crippen molar-refractivity contribution in [1.29, 1.82) is 0 Å². The summed E-state index contributed by atoms with van der Waals surface area (Å²) >= 11 is 0. The number of aliphatic imine (C=N–C) groups is 1. The molecule has 2 aliphatic heterocycles. The van der Waals surface area contributed by atoms with Gasteiger partial charge in [0.2, 0.25) is 11.8 Å². The zero-order valence-corrected chi connectivity index (χ0v) is 17.4. The molecule has 1 saturated heterocycles. The van der Waals surface area contributed by atoms with Gasteiger partial charge in [0.1, 0.15) is 0 Å². The second kappa shape index (κ2) is 8.69. The Balaban J connectivity index is 1.42. The van der Waals surface area contributed by atoms with Crippen molar-refractivity contribution in [3.63, 3.8) is 0 Å². The predicted octanol–water partition coefficient (Wildman–Crippen LogP) is 3.47. The van der Waals surface area contributed by atoms with Crippen LogP contribution in [0.5, 0.6) is 0 Å². The molecule has 0 bridgehead atoms. The van der Waals surface area contributed by atoms with Crippen LogP contribution in [0, 0.1) is 11.8 Å². The van der Waals surface area contributed by atoms with Crippen molar-refractivity contribution in [2.24, 2.45) is 16.8 Å². The molecular formula is C24H27N3O3. The fraction of sp³-hybridized carbons (Fsp3) is 0.375. The summed E-state index contributed by atoms with van der Waals surface area (Å²) in [6, 6.07) is 13.9. The summed E-state index contributed by atoms with van der Waals surface area (Å²) < 4.78 is 5.49. The van der Waals surface area contributed by atoms with E-state index >= 15 is 0 Å². The van der Waals surface area contributed by atoms with Crippen molar-refractivity contribution in [2.45, 2.75) is 26.7 Å². The SMILES string of the molecule is CC(C)C(=O)NCC1CCN(/C=C2/N=C(c3cccc4ccccc34)OC2=O)CC1. The third-order valence-corrected chi connectivity index (χ3v) is 5.68. The van der Waals surface area contributed by atoms with Gasteiger partial charge in [-0.25, -0.2) is 9.79 Å². The number of ether oxygens (including phenoxy) is 1. The van der Waals surface area contributed by atoms with Crippen LogP contribution in [0.3, 0.4) is 0 Å². The number of hydrogen-bond acceptors (Lipinski definition) is 5. The van der Waals surface area contributed by atoms with Crippen LogP contribution in [0.15, 0.2) is 59.4 Å². The number of cyclic esters (lactones) is 1. The van der Waals surface area contributed by atoms with Crippen molar-refractivity contribution in [3.05, 3.63) is 59.9 Å². The van der Waals surface area contributed by atoms with Gasteiger partial charge in [-0.05, 0) is 35.6 Å². The number of carbonyl (C=O) groups is 2. The Kier molecular flexibility index (Phi) is 5.84. The summed E-state index contributed by atoms with van der Waals surface area (Å²) in [5.74, 6) is 0.520. The summed E-state index contributed by atoms with van der Waals surface area (Å²) in [6.45, 7) is 6.18. The number of nitrogens with one attached hydrogen (secondary N) is 1. The number of fused-ring (bicyclic) bond motifs is 1. The van der Waals surface area contributed by atoms with E-state index in [2.05, 4.69) is 15.2 Å². The van der Waals surface area contributed by atoms with E-state index in [1.54, 1.807) is 0 Å². The van der Waals surface area contributed by atoms with E-state index in [4.69, 9.17) is 4.74 Å². The largest absolute Gasteiger partial charge is 0.402 e. The lowest BCUT2D eigenvalue weighted by molar-refractivity contribution is -0.130. The highest BCUT2D eigenvalue weighted by Gasteiger charge is 2.27. The average molecular weight is 405 g/mol. The maximum Gasteiger partial charge on any atom is 0.365 e. The maximum atomic E-state index is 12.4. The molecule has 30 heavy (non-hydrogen) atoms. The highest BCUT2D eigenvalue weighted by molar-refractivity contribution is 6.16. The molecule has 2 heterocycles. The zero-order chi connectivity index (χ0) is 21.1. The van der Waals surface area contributed by atoms with Gasteiger partial charge in [-0.3, -0.25) is 4.79 Å². The normalized spacial score (nSPS) is 18.8. The van der Waals surface area contributed by atoms with Gasteiger partial charge < -0.3 is 15.0 Å². The van der Waals surface area contributed by atoms with Crippen LogP contribution >= 0.6 is 0 Å². The quantitative estimate of drug-likeness (QED) is 0.611. The van der Waals surface area contributed by atoms with Gasteiger partial charge in [-0.15, -0.1) is 0 Å². The molecule has 2 aliphatic rings. The molecule has 0 spiro atoms. The highest BCUT2D eigenvalue weighted by Crippen LogP contribution is 2.25. The summed E-state index contributed by atoms with van der Waals surface area (Å²) in [5.41, 5.74) is 1.16. The minimum absolute atomic E-state index is 0.0111. The van der Waals surface area contributed by atoms with E-state index < -0.39 is 5.97 Å². The molecule has 1 fully saturated rings. The van der Waals surface area contributed by atoms with Crippen LogP contribution in [-0.4, -0.2) is 42.3 Å². The van der Waals surface area contributed by atoms with E-state index in [-0.39, 0.29) is 11.8 Å². The molecule has 0 unspecified atom stereocenters. The lowest BCUT2D eigenvalue weighted by atomic mass is 9.97. The van der Waals surface area contributed by atoms with E-state index in [0.29, 0.717) is 24.1 Å². The van der Waals surface area contributed by atoms with Crippen molar-refractivity contribution in [1.82, 2.24) is 10.2 Å². The standard InChI is InChI=1S/C24H27N3O3/c1-16(2)22(28)25-14-17-10-12-27(13-11-17)15-21-24(29)30-23(26-21)20-9-5-7-18-6-3-4-8-19(18)20/h3-9,15-17H,10-14H2,1-2H3,(H,25,28)/b21-15+. The van der Waals surface area contributed by atoms with Gasteiger partial charge in [0.05, 0.1) is 0 Å². The highest BCUT2D eigenvalue weighted by atomic mass is 16.6. The number of nitrogens with zero attached hydrogens (tertiary/aromatic N) is 2. The Morgan fingerprint density at radius 2 is 1.93 bits per heavy atom. The van der Waals surface area contributed by atoms with Crippen molar-refractivity contribution >= 4 is 28.5 Å². The van der Waals surface area contributed by atoms with E-state index in [0.717, 1.165) is 42.3 Å². The van der Waals surface area contributed by atoms with Crippen molar-refractivity contribution in [2.75, 3.05) is 19.6 Å². The first kappa shape index (κ1) is 20.1. The number of amides is 1. The Labute approximate surface area is 176 Å². The lowest BCUT2D eigenvalue weighted by Crippen LogP contribution is -2.38. The Hall–Kier alpha value is -3.15. The molecule has 4 rings (SSSR count). The number of esters is 1. The van der Waals surface area contributed by atoms with Crippen molar-refractivity contribution < 1.29 is 14.3 Å². The smallest absolute Gasteiger partial charge is 0.365 e. The summed E-state index contributed by atoms with van der Waals surface area (Å²) in [6.07, 6.45) is 3.75. The number of piperidine rings is 1. The van der Waals surface area contributed by atoms with Gasteiger partial charge in [0.15, 0.2) is 5.70 Å². The number of likely N-dealkylation sites (tertiary alicyclic amines) is 1. The summed E-state index contributed by atoms with van der Waals surface area (Å²) in [5, 5.41) is 5.11. The summed E-state index contributed by atoms with van der Waals surface area (Å²) in [7, 11) is 0. The number of hydrogen-bond donors (Lipinski definition) is 1. The minimum Gasteiger partial charge on any atom is -0.402 e. The van der Waals surface area contributed by atoms with Crippen LogP contribution in [0.25, 0.3) is 10.8 Å². The van der Waals surface area contributed by atoms with Gasteiger partial charge in [0.25, 0.3) is 0 Å². The molecule has 0 aliphatic carbocycles. The van der Waals surface area contributed by atoms with E-state index in [9.17, 15) is 9.59 Å². The van der Waals surface area contributed by atoms with Crippen LogP contribution in [-0.2, 0) is 14.3 Å². The van der Waals surface area contributed by atoms with Gasteiger partial charge in [0, 0.05) is 37.3 Å². The fourth-order valence-electron chi connectivity index (χ4n) is 3.83. The molecule has 6 heteroatoms. The molecule has 2 aromatic carbocycles. The molecule has 0 aromatic heterocycles. The van der Waals surface area contributed by atoms with Crippen LogP contribution in [0.2, 0.25) is 0 Å². The molecule has 0 atom stereocenters. The first-order chi connectivity index (χ1) is 14.5. The molecule has 0 saturated carbocycles. The summed E-state index contributed by atoms with van der Waals surface area (Å²) in [4.78, 5) is 30.7. The lowest BCUT2D eigenvalue weighted by Gasteiger charge is -2.31. The Morgan fingerprint density at radius 1 is 1.20 bits per heavy atom.